The van der Waals surface area contributed by atoms with E-state index in [1.165, 1.54) is 16.0 Å². The molecular weight excluding hydrogens is 264 g/mol. The van der Waals surface area contributed by atoms with E-state index >= 15 is 0 Å². The lowest BCUT2D eigenvalue weighted by Crippen LogP contribution is -2.27. The van der Waals surface area contributed by atoms with Gasteiger partial charge in [0.15, 0.2) is 0 Å². The molecule has 2 rings (SSSR count). The molecule has 0 aliphatic rings. The van der Waals surface area contributed by atoms with Crippen molar-refractivity contribution < 1.29 is 0 Å². The molecule has 0 saturated carbocycles. The van der Waals surface area contributed by atoms with Gasteiger partial charge in [-0.25, -0.2) is 0 Å². The maximum absolute atomic E-state index is 4.00. The smallest absolute Gasteiger partial charge is 0.0929 e. The summed E-state index contributed by atoms with van der Waals surface area (Å²) in [5.41, 5.74) is 0. The highest BCUT2D eigenvalue weighted by molar-refractivity contribution is 9.12. The number of hydrogen-bond acceptors (Lipinski definition) is 0. The second-order valence-electron chi connectivity index (χ2n) is 3.56. The molecule has 2 aromatic rings. The van der Waals surface area contributed by atoms with E-state index in [4.69, 9.17) is 0 Å². The van der Waals surface area contributed by atoms with Gasteiger partial charge in [0.05, 0.1) is 0 Å². The van der Waals surface area contributed by atoms with E-state index in [0.29, 0.717) is 0 Å². The second kappa shape index (κ2) is 4.33. The van der Waals surface area contributed by atoms with Crippen molar-refractivity contribution in [3.8, 4) is 0 Å². The maximum atomic E-state index is 4.00. The zero-order valence-corrected chi connectivity index (χ0v) is 11.2. The molecule has 75 valence electrons. The Balaban J connectivity index is 2.65. The van der Waals surface area contributed by atoms with Crippen molar-refractivity contribution in [2.45, 2.75) is 6.55 Å². The molecule has 0 amide bonds. The monoisotopic (exact) mass is 275 g/mol. The number of rotatable bonds is 2. The summed E-state index contributed by atoms with van der Waals surface area (Å²) in [4.78, 5) is 0. The minimum absolute atomic E-state index is 0.687. The minimum Gasteiger partial charge on any atom is -0.0929 e. The van der Waals surface area contributed by atoms with Gasteiger partial charge in [-0.15, -0.1) is 0 Å². The molecule has 0 saturated heterocycles. The van der Waals surface area contributed by atoms with Crippen molar-refractivity contribution >= 4 is 40.7 Å². The van der Waals surface area contributed by atoms with E-state index < -0.39 is 8.80 Å². The van der Waals surface area contributed by atoms with Crippen LogP contribution in [-0.4, -0.2) is 8.80 Å². The fourth-order valence-corrected chi connectivity index (χ4v) is 3.61. The Hall–Kier alpha value is -0.863. The van der Waals surface area contributed by atoms with Crippen LogP contribution in [0, 0.1) is 0 Å². The fourth-order valence-electron chi connectivity index (χ4n) is 1.70. The van der Waals surface area contributed by atoms with E-state index in [0.717, 1.165) is 4.11 Å². The van der Waals surface area contributed by atoms with Crippen LogP contribution in [0.25, 0.3) is 10.8 Å². The van der Waals surface area contributed by atoms with Crippen LogP contribution in [0.2, 0.25) is 6.55 Å². The predicted molar refractivity (Wildman–Crippen MR) is 73.3 cm³/mol. The lowest BCUT2D eigenvalue weighted by molar-refractivity contribution is 1.77. The standard InChI is InChI=1S/C13H12BrSi/c1-10(14)15(2)13-9-5-7-11-6-3-4-8-12(11)13/h3-9H,1H2,2H3. The Labute approximate surface area is 100 Å². The van der Waals surface area contributed by atoms with Crippen molar-refractivity contribution in [2.24, 2.45) is 0 Å². The first-order chi connectivity index (χ1) is 7.20. The van der Waals surface area contributed by atoms with Crippen LogP contribution in [0.5, 0.6) is 0 Å². The van der Waals surface area contributed by atoms with Gasteiger partial charge in [0, 0.05) is 0 Å². The zero-order valence-electron chi connectivity index (χ0n) is 8.63. The third-order valence-corrected chi connectivity index (χ3v) is 6.44. The van der Waals surface area contributed by atoms with Crippen LogP contribution >= 0.6 is 15.9 Å². The molecule has 0 spiro atoms. The van der Waals surface area contributed by atoms with E-state index in [2.05, 4.69) is 71.5 Å². The van der Waals surface area contributed by atoms with Crippen LogP contribution in [0.4, 0.5) is 0 Å². The Bertz CT molecular complexity index is 499. The summed E-state index contributed by atoms with van der Waals surface area (Å²) in [6, 6.07) is 15.0. The first kappa shape index (κ1) is 10.6. The molecule has 0 N–H and O–H groups in total. The SMILES string of the molecule is C=C(Br)[Si](C)c1cccc2ccccc12. The summed E-state index contributed by atoms with van der Waals surface area (Å²) in [7, 11) is -0.687. The Morgan fingerprint density at radius 3 is 2.53 bits per heavy atom. The molecule has 0 nitrogen and oxygen atoms in total. The minimum atomic E-state index is -0.687. The summed E-state index contributed by atoms with van der Waals surface area (Å²) in [5.74, 6) is 0. The zero-order chi connectivity index (χ0) is 10.8. The Morgan fingerprint density at radius 1 is 1.13 bits per heavy atom. The van der Waals surface area contributed by atoms with Crippen LogP contribution < -0.4 is 5.19 Å². The van der Waals surface area contributed by atoms with Crippen molar-refractivity contribution in [3.05, 3.63) is 53.1 Å². The third kappa shape index (κ3) is 2.06. The number of fused-ring (bicyclic) bond motifs is 1. The van der Waals surface area contributed by atoms with Gasteiger partial charge in [0.25, 0.3) is 0 Å². The number of halogens is 1. The van der Waals surface area contributed by atoms with Gasteiger partial charge in [-0.1, -0.05) is 71.5 Å². The van der Waals surface area contributed by atoms with Gasteiger partial charge in [-0.05, 0) is 20.1 Å². The molecular formula is C13H12BrSi. The summed E-state index contributed by atoms with van der Waals surface area (Å²) in [5, 5.41) is 4.10. The van der Waals surface area contributed by atoms with Crippen LogP contribution in [0.15, 0.2) is 53.1 Å². The molecule has 2 aromatic carbocycles. The maximum Gasteiger partial charge on any atom is 0.127 e. The molecule has 2 heteroatoms. The Kier molecular flexibility index (Phi) is 3.07. The highest BCUT2D eigenvalue weighted by atomic mass is 79.9. The second-order valence-corrected chi connectivity index (χ2v) is 7.64. The van der Waals surface area contributed by atoms with Gasteiger partial charge >= 0.3 is 0 Å². The topological polar surface area (TPSA) is 0 Å². The molecule has 1 radical (unpaired) electrons. The van der Waals surface area contributed by atoms with Gasteiger partial charge in [-0.2, -0.15) is 0 Å². The largest absolute Gasteiger partial charge is 0.127 e. The first-order valence-electron chi connectivity index (χ1n) is 4.86. The molecule has 0 atom stereocenters. The lowest BCUT2D eigenvalue weighted by Gasteiger charge is -2.11. The van der Waals surface area contributed by atoms with E-state index in [9.17, 15) is 0 Å². The van der Waals surface area contributed by atoms with E-state index in [-0.39, 0.29) is 0 Å². The molecule has 0 aromatic heterocycles. The average molecular weight is 276 g/mol. The predicted octanol–water partition coefficient (Wildman–Crippen LogP) is 3.62. The van der Waals surface area contributed by atoms with Crippen molar-refractivity contribution in [3.63, 3.8) is 0 Å². The molecule has 0 fully saturated rings. The normalized spacial score (nSPS) is 10.9. The summed E-state index contributed by atoms with van der Waals surface area (Å²) >= 11 is 3.51. The lowest BCUT2D eigenvalue weighted by atomic mass is 10.1. The fraction of sp³-hybridized carbons (Fsp3) is 0.0769. The quantitative estimate of drug-likeness (QED) is 0.735. The molecule has 0 aliphatic heterocycles. The van der Waals surface area contributed by atoms with Gasteiger partial charge in [0.2, 0.25) is 0 Å². The van der Waals surface area contributed by atoms with Gasteiger partial charge in [-0.3, -0.25) is 0 Å². The average Bonchev–Trinajstić information content (AvgIpc) is 2.27. The summed E-state index contributed by atoms with van der Waals surface area (Å²) < 4.78 is 1.13. The number of hydrogen-bond donors (Lipinski definition) is 0. The van der Waals surface area contributed by atoms with Crippen LogP contribution in [0.3, 0.4) is 0 Å². The molecule has 15 heavy (non-hydrogen) atoms. The molecule has 0 aliphatic carbocycles. The van der Waals surface area contributed by atoms with E-state index in [1.807, 2.05) is 0 Å². The van der Waals surface area contributed by atoms with Crippen molar-refractivity contribution in [1.29, 1.82) is 0 Å². The van der Waals surface area contributed by atoms with Crippen molar-refractivity contribution in [1.82, 2.24) is 0 Å². The van der Waals surface area contributed by atoms with Crippen LogP contribution in [-0.2, 0) is 0 Å². The Morgan fingerprint density at radius 2 is 1.80 bits per heavy atom. The molecule has 0 bridgehead atoms. The first-order valence-corrected chi connectivity index (χ1v) is 7.66. The third-order valence-electron chi connectivity index (χ3n) is 2.60. The van der Waals surface area contributed by atoms with Gasteiger partial charge < -0.3 is 0 Å². The highest BCUT2D eigenvalue weighted by Gasteiger charge is 2.12. The van der Waals surface area contributed by atoms with Gasteiger partial charge in [0.1, 0.15) is 8.80 Å². The summed E-state index contributed by atoms with van der Waals surface area (Å²) in [6.07, 6.45) is 0. The molecule has 0 heterocycles. The van der Waals surface area contributed by atoms with E-state index in [1.54, 1.807) is 0 Å². The number of benzene rings is 2. The highest BCUT2D eigenvalue weighted by Crippen LogP contribution is 2.15. The van der Waals surface area contributed by atoms with Crippen LogP contribution in [0.1, 0.15) is 0 Å². The molecule has 0 unspecified atom stereocenters. The summed E-state index contributed by atoms with van der Waals surface area (Å²) in [6.45, 7) is 6.27. The van der Waals surface area contributed by atoms with Crippen molar-refractivity contribution in [2.75, 3.05) is 0 Å².